The lowest BCUT2D eigenvalue weighted by Gasteiger charge is -2.13. The number of fused-ring (bicyclic) bond motifs is 1. The van der Waals surface area contributed by atoms with Crippen molar-refractivity contribution in [2.75, 3.05) is 30.8 Å². The molecule has 1 aliphatic rings. The highest BCUT2D eigenvalue weighted by Gasteiger charge is 2.24. The molecule has 1 unspecified atom stereocenters. The van der Waals surface area contributed by atoms with E-state index in [0.717, 1.165) is 24.8 Å². The van der Waals surface area contributed by atoms with E-state index in [4.69, 9.17) is 0 Å². The topological polar surface area (TPSA) is 86.4 Å². The standard InChI is InChI=1S/C19H19FN4O2S/c1-24(10-17(25)22-13-5-2-4-12(20)8-13)11-18(26)23-19-15(9-21)14-6-3-7-16(14)27-19/h2,4-5,8H,3,6-7,10-11H2,1H3,(H,22,25)(H,23,26)/p+1. The van der Waals surface area contributed by atoms with Gasteiger partial charge in [0.2, 0.25) is 0 Å². The van der Waals surface area contributed by atoms with E-state index in [1.165, 1.54) is 34.4 Å². The Bertz CT molecular complexity index is 919. The average Bonchev–Trinajstić information content (AvgIpc) is 3.14. The highest BCUT2D eigenvalue weighted by atomic mass is 32.1. The lowest BCUT2D eigenvalue weighted by atomic mass is 10.1. The van der Waals surface area contributed by atoms with Gasteiger partial charge in [-0.2, -0.15) is 5.26 Å². The summed E-state index contributed by atoms with van der Waals surface area (Å²) in [5, 5.41) is 15.4. The Balaban J connectivity index is 1.52. The Morgan fingerprint density at radius 2 is 2.00 bits per heavy atom. The highest BCUT2D eigenvalue weighted by molar-refractivity contribution is 7.16. The van der Waals surface area contributed by atoms with Crippen LogP contribution >= 0.6 is 11.3 Å². The molecule has 0 saturated carbocycles. The number of benzene rings is 1. The first-order valence-electron chi connectivity index (χ1n) is 8.67. The van der Waals surface area contributed by atoms with Crippen molar-refractivity contribution in [3.8, 4) is 6.07 Å². The third-order valence-electron chi connectivity index (χ3n) is 4.32. The summed E-state index contributed by atoms with van der Waals surface area (Å²) in [4.78, 5) is 26.2. The van der Waals surface area contributed by atoms with Crippen molar-refractivity contribution in [1.82, 2.24) is 0 Å². The number of hydrogen-bond acceptors (Lipinski definition) is 4. The number of quaternary nitrogens is 1. The van der Waals surface area contributed by atoms with E-state index >= 15 is 0 Å². The summed E-state index contributed by atoms with van der Waals surface area (Å²) in [6, 6.07) is 7.84. The minimum atomic E-state index is -0.427. The first-order chi connectivity index (χ1) is 13.0. The van der Waals surface area contributed by atoms with Crippen LogP contribution in [-0.4, -0.2) is 32.0 Å². The number of anilines is 2. The van der Waals surface area contributed by atoms with Gasteiger partial charge >= 0.3 is 0 Å². The van der Waals surface area contributed by atoms with Crippen LogP contribution in [0.4, 0.5) is 15.1 Å². The number of hydrogen-bond donors (Lipinski definition) is 3. The summed E-state index contributed by atoms with van der Waals surface area (Å²) in [5.41, 5.74) is 2.01. The molecule has 0 saturated heterocycles. The quantitative estimate of drug-likeness (QED) is 0.699. The zero-order valence-corrected chi connectivity index (χ0v) is 15.7. The number of aryl methyl sites for hydroxylation is 1. The molecule has 2 amide bonds. The fourth-order valence-electron chi connectivity index (χ4n) is 3.16. The molecular weight excluding hydrogens is 367 g/mol. The van der Waals surface area contributed by atoms with Crippen molar-refractivity contribution < 1.29 is 18.9 Å². The molecule has 2 aromatic rings. The molecule has 1 aromatic heterocycles. The average molecular weight is 387 g/mol. The van der Waals surface area contributed by atoms with E-state index in [9.17, 15) is 19.2 Å². The van der Waals surface area contributed by atoms with Gasteiger partial charge in [-0.15, -0.1) is 11.3 Å². The molecule has 140 valence electrons. The van der Waals surface area contributed by atoms with E-state index in [-0.39, 0.29) is 24.9 Å². The molecule has 27 heavy (non-hydrogen) atoms. The van der Waals surface area contributed by atoms with Crippen molar-refractivity contribution in [3.63, 3.8) is 0 Å². The molecule has 8 heteroatoms. The van der Waals surface area contributed by atoms with E-state index in [2.05, 4.69) is 16.7 Å². The fourth-order valence-corrected chi connectivity index (χ4v) is 4.42. The molecule has 1 aromatic carbocycles. The first kappa shape index (κ1) is 19.0. The molecule has 1 heterocycles. The lowest BCUT2D eigenvalue weighted by Crippen LogP contribution is -3.11. The van der Waals surface area contributed by atoms with Crippen LogP contribution in [0.2, 0.25) is 0 Å². The second kappa shape index (κ2) is 8.29. The maximum absolute atomic E-state index is 13.1. The van der Waals surface area contributed by atoms with E-state index < -0.39 is 5.82 Å². The number of halogens is 1. The van der Waals surface area contributed by atoms with Gasteiger partial charge in [0.1, 0.15) is 16.9 Å². The number of nitriles is 1. The maximum atomic E-state index is 13.1. The fraction of sp³-hybridized carbons (Fsp3) is 0.316. The van der Waals surface area contributed by atoms with Crippen LogP contribution in [0, 0.1) is 17.1 Å². The number of nitrogens with zero attached hydrogens (tertiary/aromatic N) is 1. The molecule has 0 spiro atoms. The summed E-state index contributed by atoms with van der Waals surface area (Å²) in [6.07, 6.45) is 2.89. The number of amides is 2. The summed E-state index contributed by atoms with van der Waals surface area (Å²) in [7, 11) is 1.73. The van der Waals surface area contributed by atoms with Gasteiger partial charge in [0, 0.05) is 10.6 Å². The zero-order chi connectivity index (χ0) is 19.4. The molecule has 0 fully saturated rings. The second-order valence-corrected chi connectivity index (χ2v) is 7.70. The van der Waals surface area contributed by atoms with Gasteiger partial charge in [0.05, 0.1) is 12.6 Å². The number of rotatable bonds is 6. The predicted molar refractivity (Wildman–Crippen MR) is 101 cm³/mol. The molecule has 1 atom stereocenters. The van der Waals surface area contributed by atoms with Gasteiger partial charge in [0.15, 0.2) is 13.1 Å². The van der Waals surface area contributed by atoms with Crippen molar-refractivity contribution in [3.05, 3.63) is 46.1 Å². The van der Waals surface area contributed by atoms with Gasteiger partial charge in [-0.1, -0.05) is 6.07 Å². The Labute approximate surface area is 160 Å². The number of thiophene rings is 1. The smallest absolute Gasteiger partial charge is 0.280 e. The Hall–Kier alpha value is -2.76. The Kier molecular flexibility index (Phi) is 5.84. The highest BCUT2D eigenvalue weighted by Crippen LogP contribution is 2.38. The van der Waals surface area contributed by atoms with Crippen molar-refractivity contribution >= 4 is 33.8 Å². The molecule has 3 rings (SSSR count). The number of nitrogens with one attached hydrogen (secondary N) is 3. The zero-order valence-electron chi connectivity index (χ0n) is 14.9. The Morgan fingerprint density at radius 1 is 1.26 bits per heavy atom. The predicted octanol–water partition coefficient (Wildman–Crippen LogP) is 1.34. The van der Waals surface area contributed by atoms with Crippen molar-refractivity contribution in [2.45, 2.75) is 19.3 Å². The summed E-state index contributed by atoms with van der Waals surface area (Å²) in [5.74, 6) is -0.981. The van der Waals surface area contributed by atoms with Gasteiger partial charge in [-0.3, -0.25) is 9.59 Å². The lowest BCUT2D eigenvalue weighted by molar-refractivity contribution is -0.862. The maximum Gasteiger partial charge on any atom is 0.280 e. The van der Waals surface area contributed by atoms with Gasteiger partial charge in [0.25, 0.3) is 11.8 Å². The van der Waals surface area contributed by atoms with Gasteiger partial charge in [-0.05, 0) is 43.0 Å². The third kappa shape index (κ3) is 4.70. The van der Waals surface area contributed by atoms with E-state index in [1.807, 2.05) is 0 Å². The molecular formula is C19H20FN4O2S+. The van der Waals surface area contributed by atoms with E-state index in [1.54, 1.807) is 13.1 Å². The van der Waals surface area contributed by atoms with Crippen LogP contribution in [0.3, 0.4) is 0 Å². The minimum Gasteiger partial charge on any atom is -0.322 e. The van der Waals surface area contributed by atoms with Crippen molar-refractivity contribution in [2.24, 2.45) is 0 Å². The number of carbonyl (C=O) groups is 2. The number of carbonyl (C=O) groups excluding carboxylic acids is 2. The van der Waals surface area contributed by atoms with Crippen LogP contribution in [0.1, 0.15) is 22.4 Å². The molecule has 3 N–H and O–H groups in total. The molecule has 6 nitrogen and oxygen atoms in total. The van der Waals surface area contributed by atoms with Crippen LogP contribution in [0.5, 0.6) is 0 Å². The van der Waals surface area contributed by atoms with Gasteiger partial charge in [-0.25, -0.2) is 4.39 Å². The van der Waals surface area contributed by atoms with Crippen LogP contribution in [-0.2, 0) is 22.4 Å². The largest absolute Gasteiger partial charge is 0.322 e. The monoisotopic (exact) mass is 387 g/mol. The van der Waals surface area contributed by atoms with Crippen LogP contribution in [0.15, 0.2) is 24.3 Å². The molecule has 1 aliphatic carbocycles. The third-order valence-corrected chi connectivity index (χ3v) is 5.53. The minimum absolute atomic E-state index is 0.0655. The van der Waals surface area contributed by atoms with E-state index in [0.29, 0.717) is 21.2 Å². The molecule has 0 aliphatic heterocycles. The normalized spacial score (nSPS) is 13.5. The Morgan fingerprint density at radius 3 is 2.70 bits per heavy atom. The summed E-state index contributed by atoms with van der Waals surface area (Å²) < 4.78 is 13.1. The SMILES string of the molecule is C[NH+](CC(=O)Nc1cccc(F)c1)CC(=O)Nc1sc2c(c1C#N)CCC2. The second-order valence-electron chi connectivity index (χ2n) is 6.59. The molecule has 0 bridgehead atoms. The molecule has 0 radical (unpaired) electrons. The summed E-state index contributed by atoms with van der Waals surface area (Å²) in [6.45, 7) is 0.153. The van der Waals surface area contributed by atoms with Crippen molar-refractivity contribution in [1.29, 1.82) is 5.26 Å². The van der Waals surface area contributed by atoms with Crippen LogP contribution in [0.25, 0.3) is 0 Å². The first-order valence-corrected chi connectivity index (χ1v) is 9.49. The van der Waals surface area contributed by atoms with Gasteiger partial charge < -0.3 is 15.5 Å². The number of likely N-dealkylation sites (N-methyl/N-ethyl adjacent to an activating group) is 1. The van der Waals surface area contributed by atoms with Crippen LogP contribution < -0.4 is 15.5 Å². The summed E-state index contributed by atoms with van der Waals surface area (Å²) >= 11 is 1.47.